The smallest absolute Gasteiger partial charge is 0.256 e. The van der Waals surface area contributed by atoms with Crippen LogP contribution in [0.4, 0.5) is 5.69 Å². The molecule has 6 nitrogen and oxygen atoms in total. The van der Waals surface area contributed by atoms with E-state index in [1.54, 1.807) is 4.90 Å². The Bertz CT molecular complexity index is 687. The van der Waals surface area contributed by atoms with Gasteiger partial charge in [-0.05, 0) is 25.1 Å². The van der Waals surface area contributed by atoms with Crippen LogP contribution < -0.4 is 4.90 Å². The van der Waals surface area contributed by atoms with Gasteiger partial charge in [0.05, 0.1) is 6.61 Å². The maximum atomic E-state index is 12.4. The first-order valence-corrected chi connectivity index (χ1v) is 7.85. The number of nitrogens with one attached hydrogen (secondary N) is 1. The van der Waals surface area contributed by atoms with Crippen molar-refractivity contribution in [3.63, 3.8) is 0 Å². The molecule has 1 aliphatic rings. The summed E-state index contributed by atoms with van der Waals surface area (Å²) in [6.07, 6.45) is 1.94. The number of carbonyl (C=O) groups is 1. The summed E-state index contributed by atoms with van der Waals surface area (Å²) < 4.78 is 4.94. The van der Waals surface area contributed by atoms with Crippen molar-refractivity contribution in [3.8, 4) is 0 Å². The number of amides is 1. The van der Waals surface area contributed by atoms with E-state index in [0.29, 0.717) is 13.1 Å². The van der Waals surface area contributed by atoms with E-state index in [2.05, 4.69) is 28.1 Å². The molecular formula is C17H23N3O3. The van der Waals surface area contributed by atoms with Gasteiger partial charge in [-0.3, -0.25) is 4.79 Å². The molecule has 1 unspecified atom stereocenters. The number of aliphatic hydroxyl groups is 1. The molecule has 23 heavy (non-hydrogen) atoms. The summed E-state index contributed by atoms with van der Waals surface area (Å²) in [6, 6.07) is 8.27. The fourth-order valence-electron chi connectivity index (χ4n) is 3.18. The highest BCUT2D eigenvalue weighted by Crippen LogP contribution is 2.27. The molecule has 1 atom stereocenters. The Balaban J connectivity index is 1.69. The topological polar surface area (TPSA) is 68.8 Å². The highest BCUT2D eigenvalue weighted by atomic mass is 16.5. The van der Waals surface area contributed by atoms with Crippen molar-refractivity contribution in [1.82, 2.24) is 9.88 Å². The quantitative estimate of drug-likeness (QED) is 0.889. The van der Waals surface area contributed by atoms with E-state index in [0.717, 1.165) is 18.6 Å². The maximum Gasteiger partial charge on any atom is 0.256 e. The zero-order valence-electron chi connectivity index (χ0n) is 13.6. The van der Waals surface area contributed by atoms with E-state index in [-0.39, 0.29) is 12.5 Å². The van der Waals surface area contributed by atoms with Gasteiger partial charge in [0.2, 0.25) is 0 Å². The monoisotopic (exact) mass is 317 g/mol. The summed E-state index contributed by atoms with van der Waals surface area (Å²) in [5.41, 5.74) is 0.834. The fraction of sp³-hybridized carbons (Fsp3) is 0.471. The lowest BCUT2D eigenvalue weighted by Crippen LogP contribution is -2.56. The second-order valence-electron chi connectivity index (χ2n) is 6.20. The summed E-state index contributed by atoms with van der Waals surface area (Å²) in [5, 5.41) is 11.4. The predicted molar refractivity (Wildman–Crippen MR) is 89.6 cm³/mol. The third kappa shape index (κ3) is 3.04. The lowest BCUT2D eigenvalue weighted by molar-refractivity contribution is -0.154. The normalized spacial score (nSPS) is 18.2. The van der Waals surface area contributed by atoms with Crippen molar-refractivity contribution in [2.75, 3.05) is 44.8 Å². The van der Waals surface area contributed by atoms with Crippen molar-refractivity contribution >= 4 is 22.5 Å². The van der Waals surface area contributed by atoms with Gasteiger partial charge in [-0.1, -0.05) is 6.07 Å². The number of hydrogen-bond acceptors (Lipinski definition) is 4. The van der Waals surface area contributed by atoms with Gasteiger partial charge < -0.3 is 24.6 Å². The minimum absolute atomic E-state index is 0.00864. The number of nitrogens with zero attached hydrogens (tertiary/aromatic N) is 2. The van der Waals surface area contributed by atoms with Crippen LogP contribution in [-0.4, -0.2) is 66.4 Å². The number of aromatic nitrogens is 1. The largest absolute Gasteiger partial charge is 0.381 e. The summed E-state index contributed by atoms with van der Waals surface area (Å²) in [7, 11) is 1.48. The van der Waals surface area contributed by atoms with E-state index >= 15 is 0 Å². The summed E-state index contributed by atoms with van der Waals surface area (Å²) >= 11 is 0. The van der Waals surface area contributed by atoms with Crippen molar-refractivity contribution < 1.29 is 14.6 Å². The molecule has 0 saturated carbocycles. The van der Waals surface area contributed by atoms with Crippen LogP contribution in [0.2, 0.25) is 0 Å². The van der Waals surface area contributed by atoms with Gasteiger partial charge in [0.15, 0.2) is 5.60 Å². The average Bonchev–Trinajstić information content (AvgIpc) is 3.03. The second kappa shape index (κ2) is 6.22. The van der Waals surface area contributed by atoms with Crippen molar-refractivity contribution in [3.05, 3.63) is 30.5 Å². The SMILES string of the molecule is COCC(C)(O)C(=O)N1CCN(c2cccc3[nH]ccc23)CC1. The molecule has 1 aromatic heterocycles. The molecule has 124 valence electrons. The standard InChI is InChI=1S/C17H23N3O3/c1-17(22,12-23-2)16(21)20-10-8-19(9-11-20)15-5-3-4-14-13(15)6-7-18-14/h3-7,18,22H,8-12H2,1-2H3. The Labute approximate surface area is 135 Å². The van der Waals surface area contributed by atoms with Crippen molar-refractivity contribution in [2.24, 2.45) is 0 Å². The van der Waals surface area contributed by atoms with Crippen LogP contribution in [0.15, 0.2) is 30.5 Å². The number of H-pyrrole nitrogens is 1. The molecule has 3 rings (SSSR count). The molecule has 0 spiro atoms. The van der Waals surface area contributed by atoms with Crippen LogP contribution >= 0.6 is 0 Å². The Morgan fingerprint density at radius 2 is 2.04 bits per heavy atom. The third-order valence-electron chi connectivity index (χ3n) is 4.37. The molecule has 1 aliphatic heterocycles. The zero-order chi connectivity index (χ0) is 16.4. The van der Waals surface area contributed by atoms with Crippen LogP contribution in [0, 0.1) is 0 Å². The predicted octanol–water partition coefficient (Wildman–Crippen LogP) is 1.21. The molecule has 2 heterocycles. The first-order chi connectivity index (χ1) is 11.0. The second-order valence-corrected chi connectivity index (χ2v) is 6.20. The number of rotatable bonds is 4. The van der Waals surface area contributed by atoms with Crippen LogP contribution in [0.3, 0.4) is 0 Å². The number of hydrogen-bond donors (Lipinski definition) is 2. The molecule has 2 N–H and O–H groups in total. The first kappa shape index (κ1) is 15.8. The molecule has 1 saturated heterocycles. The highest BCUT2D eigenvalue weighted by molar-refractivity contribution is 5.92. The minimum atomic E-state index is -1.46. The molecule has 1 aromatic carbocycles. The van der Waals surface area contributed by atoms with Crippen molar-refractivity contribution in [2.45, 2.75) is 12.5 Å². The molecule has 0 aliphatic carbocycles. The van der Waals surface area contributed by atoms with Gasteiger partial charge in [0.25, 0.3) is 5.91 Å². The van der Waals surface area contributed by atoms with Crippen LogP contribution in [0.1, 0.15) is 6.92 Å². The summed E-state index contributed by atoms with van der Waals surface area (Å²) in [4.78, 5) is 19.6. The number of ether oxygens (including phenoxy) is 1. The van der Waals surface area contributed by atoms with E-state index < -0.39 is 5.60 Å². The number of aromatic amines is 1. The molecule has 0 bridgehead atoms. The minimum Gasteiger partial charge on any atom is -0.381 e. The van der Waals surface area contributed by atoms with Crippen molar-refractivity contribution in [1.29, 1.82) is 0 Å². The van der Waals surface area contributed by atoms with E-state index in [1.807, 2.05) is 12.3 Å². The van der Waals surface area contributed by atoms with Gasteiger partial charge >= 0.3 is 0 Å². The Hall–Kier alpha value is -2.05. The van der Waals surface area contributed by atoms with Crippen LogP contribution in [0.5, 0.6) is 0 Å². The van der Waals surface area contributed by atoms with Crippen LogP contribution in [0.25, 0.3) is 10.9 Å². The molecule has 1 fully saturated rings. The summed E-state index contributed by atoms with van der Waals surface area (Å²) in [6.45, 7) is 4.21. The van der Waals surface area contributed by atoms with Gasteiger partial charge in [0.1, 0.15) is 0 Å². The number of piperazine rings is 1. The van der Waals surface area contributed by atoms with Gasteiger partial charge in [-0.25, -0.2) is 0 Å². The number of fused-ring (bicyclic) bond motifs is 1. The Morgan fingerprint density at radius 3 is 2.74 bits per heavy atom. The fourth-order valence-corrected chi connectivity index (χ4v) is 3.18. The highest BCUT2D eigenvalue weighted by Gasteiger charge is 2.35. The summed E-state index contributed by atoms with van der Waals surface area (Å²) in [5.74, 6) is -0.265. The Kier molecular flexibility index (Phi) is 4.28. The maximum absolute atomic E-state index is 12.4. The molecule has 6 heteroatoms. The lowest BCUT2D eigenvalue weighted by Gasteiger charge is -2.39. The number of anilines is 1. The molecular weight excluding hydrogens is 294 g/mol. The zero-order valence-corrected chi connectivity index (χ0v) is 13.6. The van der Waals surface area contributed by atoms with Gasteiger partial charge in [0, 0.05) is 56.1 Å². The van der Waals surface area contributed by atoms with Crippen LogP contribution in [-0.2, 0) is 9.53 Å². The third-order valence-corrected chi connectivity index (χ3v) is 4.37. The first-order valence-electron chi connectivity index (χ1n) is 7.85. The van der Waals surface area contributed by atoms with E-state index in [9.17, 15) is 9.90 Å². The van der Waals surface area contributed by atoms with E-state index in [1.165, 1.54) is 25.1 Å². The van der Waals surface area contributed by atoms with Gasteiger partial charge in [-0.2, -0.15) is 0 Å². The molecule has 1 amide bonds. The van der Waals surface area contributed by atoms with Gasteiger partial charge in [-0.15, -0.1) is 0 Å². The van der Waals surface area contributed by atoms with E-state index in [4.69, 9.17) is 4.74 Å². The number of carbonyl (C=O) groups excluding carboxylic acids is 1. The lowest BCUT2D eigenvalue weighted by atomic mass is 10.1. The average molecular weight is 317 g/mol. The number of methoxy groups -OCH3 is 1. The molecule has 2 aromatic rings. The Morgan fingerprint density at radius 1 is 1.30 bits per heavy atom. The molecule has 0 radical (unpaired) electrons. The number of benzene rings is 1.